The van der Waals surface area contributed by atoms with Gasteiger partial charge in [-0.3, -0.25) is 9.78 Å². The van der Waals surface area contributed by atoms with E-state index in [4.69, 9.17) is 4.74 Å². The molecule has 1 aromatic rings. The third-order valence-electron chi connectivity index (χ3n) is 3.14. The van der Waals surface area contributed by atoms with Gasteiger partial charge in [0.25, 0.3) is 11.8 Å². The lowest BCUT2D eigenvalue weighted by molar-refractivity contribution is -0.136. The summed E-state index contributed by atoms with van der Waals surface area (Å²) in [5.41, 5.74) is 2.52. The second kappa shape index (κ2) is 6.48. The molecule has 1 aliphatic rings. The number of nitrogens with zero attached hydrogens (tertiary/aromatic N) is 4. The van der Waals surface area contributed by atoms with Crippen LogP contribution < -0.4 is 5.43 Å². The smallest absolute Gasteiger partial charge is 0.283 e. The lowest BCUT2D eigenvalue weighted by Crippen LogP contribution is -2.48. The Balaban J connectivity index is 2.42. The van der Waals surface area contributed by atoms with E-state index in [0.29, 0.717) is 17.1 Å². The van der Waals surface area contributed by atoms with Gasteiger partial charge in [-0.2, -0.15) is 0 Å². The number of carbonyl (C=O) groups excluding carboxylic acids is 1. The summed E-state index contributed by atoms with van der Waals surface area (Å²) in [6.07, 6.45) is 2.99. The quantitative estimate of drug-likeness (QED) is 0.652. The van der Waals surface area contributed by atoms with E-state index in [9.17, 15) is 9.35 Å². The molecule has 1 aliphatic heterocycles. The summed E-state index contributed by atoms with van der Waals surface area (Å²) < 4.78 is 21.6. The summed E-state index contributed by atoms with van der Waals surface area (Å²) >= 11 is -1.43. The summed E-state index contributed by atoms with van der Waals surface area (Å²) in [5, 5.41) is 3.91. The Bertz CT molecular complexity index is 709. The minimum atomic E-state index is -1.43. The zero-order valence-electron chi connectivity index (χ0n) is 14.6. The van der Waals surface area contributed by atoms with Crippen molar-refractivity contribution in [3.05, 3.63) is 23.8 Å². The van der Waals surface area contributed by atoms with Crippen LogP contribution in [0.5, 0.6) is 0 Å². The normalized spacial score (nSPS) is 19.2. The SMILES string of the molecule is CC(=N[S+]([O-])C(C)(C)C)c1nccnc1C1=NNC(=O)C(C)(C)O1. The molecule has 1 atom stereocenters. The standard InChI is InChI=1S/C15H21N5O3S/c1-9(20-24(22)14(2,3)4)10-11(17-8-7-16-10)12-18-19-13(21)15(5,6)23-12/h7-8H,1-6H3,(H,19,21). The largest absolute Gasteiger partial charge is 0.591 e. The van der Waals surface area contributed by atoms with E-state index in [0.717, 1.165) is 0 Å². The van der Waals surface area contributed by atoms with E-state index in [-0.39, 0.29) is 11.8 Å². The first-order valence-electron chi connectivity index (χ1n) is 7.38. The van der Waals surface area contributed by atoms with Crippen LogP contribution in [-0.4, -0.2) is 42.4 Å². The summed E-state index contributed by atoms with van der Waals surface area (Å²) in [7, 11) is 0. The summed E-state index contributed by atoms with van der Waals surface area (Å²) in [6, 6.07) is 0. The summed E-state index contributed by atoms with van der Waals surface area (Å²) in [5.74, 6) is -0.213. The molecule has 1 amide bonds. The Labute approximate surface area is 144 Å². The number of rotatable bonds is 3. The van der Waals surface area contributed by atoms with Gasteiger partial charge in [0, 0.05) is 12.4 Å². The van der Waals surface area contributed by atoms with E-state index in [1.54, 1.807) is 20.8 Å². The lowest BCUT2D eigenvalue weighted by Gasteiger charge is -2.28. The molecule has 0 saturated heterocycles. The Morgan fingerprint density at radius 1 is 1.33 bits per heavy atom. The number of carbonyl (C=O) groups is 1. The van der Waals surface area contributed by atoms with Gasteiger partial charge in [-0.15, -0.1) is 5.10 Å². The van der Waals surface area contributed by atoms with Crippen molar-refractivity contribution in [1.82, 2.24) is 15.4 Å². The first-order valence-corrected chi connectivity index (χ1v) is 8.49. The van der Waals surface area contributed by atoms with Crippen LogP contribution >= 0.6 is 0 Å². The Morgan fingerprint density at radius 3 is 2.54 bits per heavy atom. The maximum absolute atomic E-state index is 12.2. The molecule has 0 bridgehead atoms. The predicted molar refractivity (Wildman–Crippen MR) is 92.0 cm³/mol. The topological polar surface area (TPSA) is 112 Å². The number of nitrogens with one attached hydrogen (secondary N) is 1. The third-order valence-corrected chi connectivity index (χ3v) is 4.63. The molecular weight excluding hydrogens is 330 g/mol. The maximum Gasteiger partial charge on any atom is 0.283 e. The summed E-state index contributed by atoms with van der Waals surface area (Å²) in [4.78, 5) is 20.2. The van der Waals surface area contributed by atoms with Crippen molar-refractivity contribution in [1.29, 1.82) is 0 Å². The number of hydrazone groups is 1. The average molecular weight is 351 g/mol. The van der Waals surface area contributed by atoms with Crippen LogP contribution in [0.15, 0.2) is 21.9 Å². The van der Waals surface area contributed by atoms with Crippen molar-refractivity contribution in [2.24, 2.45) is 9.50 Å². The molecule has 0 fully saturated rings. The highest BCUT2D eigenvalue weighted by Crippen LogP contribution is 2.21. The highest BCUT2D eigenvalue weighted by atomic mass is 32.2. The van der Waals surface area contributed by atoms with Gasteiger partial charge in [0.1, 0.15) is 27.5 Å². The third kappa shape index (κ3) is 3.90. The van der Waals surface area contributed by atoms with Gasteiger partial charge in [-0.05, 0) is 41.5 Å². The van der Waals surface area contributed by atoms with Crippen molar-refractivity contribution in [3.63, 3.8) is 0 Å². The van der Waals surface area contributed by atoms with Crippen LogP contribution in [0.25, 0.3) is 0 Å². The monoisotopic (exact) mass is 351 g/mol. The van der Waals surface area contributed by atoms with E-state index >= 15 is 0 Å². The minimum absolute atomic E-state index is 0.138. The zero-order valence-corrected chi connectivity index (χ0v) is 15.4. The lowest BCUT2D eigenvalue weighted by atomic mass is 10.1. The number of ether oxygens (including phenoxy) is 1. The highest BCUT2D eigenvalue weighted by Gasteiger charge is 2.37. The Hall–Kier alpha value is -2.00. The highest BCUT2D eigenvalue weighted by molar-refractivity contribution is 7.91. The van der Waals surface area contributed by atoms with Gasteiger partial charge in [-0.1, -0.05) is 4.40 Å². The fourth-order valence-electron chi connectivity index (χ4n) is 1.71. The van der Waals surface area contributed by atoms with Crippen LogP contribution in [0.1, 0.15) is 52.9 Å². The molecule has 0 spiro atoms. The van der Waals surface area contributed by atoms with Gasteiger partial charge in [0.05, 0.1) is 0 Å². The van der Waals surface area contributed by atoms with E-state index < -0.39 is 21.7 Å². The molecule has 9 heteroatoms. The first-order chi connectivity index (χ1) is 11.0. The molecule has 8 nitrogen and oxygen atoms in total. The molecule has 2 heterocycles. The molecule has 0 aliphatic carbocycles. The van der Waals surface area contributed by atoms with Gasteiger partial charge in [0.2, 0.25) is 0 Å². The van der Waals surface area contributed by atoms with Crippen molar-refractivity contribution < 1.29 is 14.1 Å². The summed E-state index contributed by atoms with van der Waals surface area (Å²) in [6.45, 7) is 10.5. The van der Waals surface area contributed by atoms with E-state index in [2.05, 4.69) is 24.9 Å². The van der Waals surface area contributed by atoms with Gasteiger partial charge >= 0.3 is 0 Å². The zero-order chi connectivity index (χ0) is 18.1. The predicted octanol–water partition coefficient (Wildman–Crippen LogP) is 1.33. The molecule has 0 saturated carbocycles. The van der Waals surface area contributed by atoms with Crippen molar-refractivity contribution >= 4 is 28.9 Å². The fraction of sp³-hybridized carbons (Fsp3) is 0.533. The number of hydrogen-bond acceptors (Lipinski definition) is 7. The molecule has 1 unspecified atom stereocenters. The molecule has 1 aromatic heterocycles. The molecule has 0 radical (unpaired) electrons. The molecule has 2 rings (SSSR count). The van der Waals surface area contributed by atoms with E-state index in [1.807, 2.05) is 20.8 Å². The molecule has 24 heavy (non-hydrogen) atoms. The Kier molecular flexibility index (Phi) is 4.95. The maximum atomic E-state index is 12.2. The van der Waals surface area contributed by atoms with Crippen LogP contribution in [-0.2, 0) is 20.9 Å². The van der Waals surface area contributed by atoms with Crippen molar-refractivity contribution in [2.45, 2.75) is 51.9 Å². The fourth-order valence-corrected chi connectivity index (χ4v) is 2.32. The second-order valence-corrected chi connectivity index (χ2v) is 8.67. The molecule has 0 aromatic carbocycles. The first kappa shape index (κ1) is 18.3. The van der Waals surface area contributed by atoms with Crippen LogP contribution in [0.2, 0.25) is 0 Å². The van der Waals surface area contributed by atoms with Crippen molar-refractivity contribution in [2.75, 3.05) is 0 Å². The Morgan fingerprint density at radius 2 is 1.96 bits per heavy atom. The van der Waals surface area contributed by atoms with Gasteiger partial charge in [0.15, 0.2) is 11.3 Å². The molecule has 130 valence electrons. The van der Waals surface area contributed by atoms with Crippen LogP contribution in [0.3, 0.4) is 0 Å². The van der Waals surface area contributed by atoms with Gasteiger partial charge < -0.3 is 9.29 Å². The van der Waals surface area contributed by atoms with Gasteiger partial charge in [-0.25, -0.2) is 10.4 Å². The molecule has 1 N–H and O–H groups in total. The number of hydrogen-bond donors (Lipinski definition) is 1. The second-order valence-electron chi connectivity index (χ2n) is 6.76. The van der Waals surface area contributed by atoms with Crippen LogP contribution in [0.4, 0.5) is 0 Å². The average Bonchev–Trinajstić information content (AvgIpc) is 2.49. The number of amides is 1. The molecular formula is C15H21N5O3S. The van der Waals surface area contributed by atoms with Crippen LogP contribution in [0, 0.1) is 0 Å². The minimum Gasteiger partial charge on any atom is -0.591 e. The van der Waals surface area contributed by atoms with Crippen molar-refractivity contribution in [3.8, 4) is 0 Å². The number of aromatic nitrogens is 2. The van der Waals surface area contributed by atoms with E-state index in [1.165, 1.54) is 12.4 Å².